The van der Waals surface area contributed by atoms with Gasteiger partial charge in [-0.25, -0.2) is 0 Å². The van der Waals surface area contributed by atoms with Gasteiger partial charge in [0.2, 0.25) is 0 Å². The van der Waals surface area contributed by atoms with Crippen LogP contribution in [0.3, 0.4) is 0 Å². The van der Waals surface area contributed by atoms with E-state index in [4.69, 9.17) is 24.7 Å². The van der Waals surface area contributed by atoms with Crippen molar-refractivity contribution in [1.29, 1.82) is 0 Å². The Hall–Kier alpha value is -0.570. The molecule has 0 aromatic heterocycles. The van der Waals surface area contributed by atoms with Crippen LogP contribution in [0.15, 0.2) is 0 Å². The second-order valence-corrected chi connectivity index (χ2v) is 4.15. The molecule has 20 heavy (non-hydrogen) atoms. The molecule has 7 nitrogen and oxygen atoms in total. The third-order valence-corrected chi connectivity index (χ3v) is 2.50. The number of hydrogen-bond acceptors (Lipinski definition) is 7. The highest BCUT2D eigenvalue weighted by atomic mass is 16.6. The molecule has 0 aromatic rings. The molecule has 0 radical (unpaired) electrons. The summed E-state index contributed by atoms with van der Waals surface area (Å²) in [7, 11) is 1.74. The maximum Gasteiger partial charge on any atom is 0.149 e. The molecule has 0 saturated carbocycles. The number of Topliss-reactive ketones (excluding diaryl/α,β-unsaturated/α-hetero) is 1. The molecule has 0 spiro atoms. The molecule has 0 aliphatic heterocycles. The predicted molar refractivity (Wildman–Crippen MR) is 75.9 cm³/mol. The third-order valence-electron chi connectivity index (χ3n) is 2.50. The van der Waals surface area contributed by atoms with Crippen LogP contribution < -0.4 is 11.1 Å². The summed E-state index contributed by atoms with van der Waals surface area (Å²) >= 11 is 0. The summed E-state index contributed by atoms with van der Waals surface area (Å²) in [6.07, 6.45) is 0. The van der Waals surface area contributed by atoms with E-state index in [0.29, 0.717) is 59.4 Å². The van der Waals surface area contributed by atoms with Crippen molar-refractivity contribution < 1.29 is 23.7 Å². The minimum atomic E-state index is -0.244. The molecule has 1 unspecified atom stereocenters. The van der Waals surface area contributed by atoms with E-state index in [9.17, 15) is 4.79 Å². The summed E-state index contributed by atoms with van der Waals surface area (Å²) in [5, 5.41) is 2.89. The van der Waals surface area contributed by atoms with Gasteiger partial charge in [0.15, 0.2) is 0 Å². The van der Waals surface area contributed by atoms with Gasteiger partial charge in [0, 0.05) is 6.54 Å². The summed E-state index contributed by atoms with van der Waals surface area (Å²) in [6, 6.07) is -0.244. The van der Waals surface area contributed by atoms with E-state index >= 15 is 0 Å². The average molecular weight is 292 g/mol. The molecule has 0 fully saturated rings. The minimum Gasteiger partial charge on any atom is -0.378 e. The van der Waals surface area contributed by atoms with Crippen LogP contribution in [0.1, 0.15) is 6.92 Å². The number of nitrogens with one attached hydrogen (secondary N) is 1. The SMILES string of the molecule is CNC(COCCOCCOCCOCCN)C(C)=O. The van der Waals surface area contributed by atoms with E-state index in [2.05, 4.69) is 5.32 Å². The van der Waals surface area contributed by atoms with Crippen molar-refractivity contribution in [3.63, 3.8) is 0 Å². The zero-order chi connectivity index (χ0) is 15.1. The summed E-state index contributed by atoms with van der Waals surface area (Å²) in [5.74, 6) is 0.0682. The van der Waals surface area contributed by atoms with Crippen LogP contribution in [-0.2, 0) is 23.7 Å². The van der Waals surface area contributed by atoms with Gasteiger partial charge >= 0.3 is 0 Å². The highest BCUT2D eigenvalue weighted by Gasteiger charge is 2.10. The maximum atomic E-state index is 11.1. The molecule has 1 atom stereocenters. The summed E-state index contributed by atoms with van der Waals surface area (Å²) in [6.45, 7) is 6.08. The lowest BCUT2D eigenvalue weighted by Crippen LogP contribution is -2.37. The Kier molecular flexibility index (Phi) is 14.4. The number of ketones is 1. The molecule has 0 rings (SSSR count). The van der Waals surface area contributed by atoms with Crippen molar-refractivity contribution in [3.05, 3.63) is 0 Å². The molecule has 3 N–H and O–H groups in total. The van der Waals surface area contributed by atoms with Crippen LogP contribution in [-0.4, -0.2) is 78.3 Å². The van der Waals surface area contributed by atoms with Gasteiger partial charge in [0.1, 0.15) is 5.78 Å². The number of carbonyl (C=O) groups is 1. The Morgan fingerprint density at radius 2 is 1.40 bits per heavy atom. The van der Waals surface area contributed by atoms with E-state index in [-0.39, 0.29) is 11.8 Å². The summed E-state index contributed by atoms with van der Waals surface area (Å²) < 4.78 is 21.1. The van der Waals surface area contributed by atoms with Crippen molar-refractivity contribution >= 4 is 5.78 Å². The highest BCUT2D eigenvalue weighted by molar-refractivity contribution is 5.81. The van der Waals surface area contributed by atoms with Gasteiger partial charge < -0.3 is 30.0 Å². The normalized spacial score (nSPS) is 12.6. The molecule has 0 aromatic carbocycles. The molecular formula is C13H28N2O5. The first-order valence-electron chi connectivity index (χ1n) is 6.91. The van der Waals surface area contributed by atoms with E-state index in [0.717, 1.165) is 0 Å². The fourth-order valence-electron chi connectivity index (χ4n) is 1.35. The van der Waals surface area contributed by atoms with Gasteiger partial charge in [-0.2, -0.15) is 0 Å². The van der Waals surface area contributed by atoms with E-state index in [1.807, 2.05) is 0 Å². The second kappa shape index (κ2) is 14.8. The van der Waals surface area contributed by atoms with Crippen molar-refractivity contribution in [2.75, 3.05) is 66.4 Å². The molecule has 0 bridgehead atoms. The van der Waals surface area contributed by atoms with Crippen LogP contribution in [0, 0.1) is 0 Å². The Bertz CT molecular complexity index is 229. The summed E-state index contributed by atoms with van der Waals surface area (Å²) in [4.78, 5) is 11.1. The molecule has 0 aliphatic rings. The van der Waals surface area contributed by atoms with Crippen molar-refractivity contribution in [2.45, 2.75) is 13.0 Å². The van der Waals surface area contributed by atoms with Gasteiger partial charge in [0.25, 0.3) is 0 Å². The van der Waals surface area contributed by atoms with Gasteiger partial charge in [-0.3, -0.25) is 4.79 Å². The highest BCUT2D eigenvalue weighted by Crippen LogP contribution is 1.88. The van der Waals surface area contributed by atoms with Crippen LogP contribution in [0.5, 0.6) is 0 Å². The topological polar surface area (TPSA) is 92.0 Å². The largest absolute Gasteiger partial charge is 0.378 e. The molecule has 0 aliphatic carbocycles. The number of nitrogens with two attached hydrogens (primary N) is 1. The van der Waals surface area contributed by atoms with Gasteiger partial charge in [0.05, 0.1) is 58.9 Å². The van der Waals surface area contributed by atoms with Crippen LogP contribution in [0.4, 0.5) is 0 Å². The Morgan fingerprint density at radius 1 is 0.950 bits per heavy atom. The summed E-state index contributed by atoms with van der Waals surface area (Å²) in [5.41, 5.74) is 5.27. The number of carbonyl (C=O) groups excluding carboxylic acids is 1. The Labute approximate surface area is 121 Å². The standard InChI is InChI=1S/C13H28N2O5/c1-12(16)13(15-2)11-20-10-9-19-8-7-18-6-5-17-4-3-14/h13,15H,3-11,14H2,1-2H3. The Balaban J connectivity index is 3.15. The zero-order valence-corrected chi connectivity index (χ0v) is 12.6. The maximum absolute atomic E-state index is 11.1. The lowest BCUT2D eigenvalue weighted by molar-refractivity contribution is -0.120. The fraction of sp³-hybridized carbons (Fsp3) is 0.923. The quantitative estimate of drug-likeness (QED) is 0.381. The number of hydrogen-bond donors (Lipinski definition) is 2. The van der Waals surface area contributed by atoms with Gasteiger partial charge in [-0.1, -0.05) is 0 Å². The predicted octanol–water partition coefficient (Wildman–Crippen LogP) is -0.811. The smallest absolute Gasteiger partial charge is 0.149 e. The second-order valence-electron chi connectivity index (χ2n) is 4.15. The van der Waals surface area contributed by atoms with Crippen LogP contribution in [0.2, 0.25) is 0 Å². The first-order valence-corrected chi connectivity index (χ1v) is 6.91. The van der Waals surface area contributed by atoms with Crippen LogP contribution in [0.25, 0.3) is 0 Å². The molecule has 0 heterocycles. The molecule has 0 amide bonds. The lowest BCUT2D eigenvalue weighted by atomic mass is 10.2. The van der Waals surface area contributed by atoms with Crippen molar-refractivity contribution in [3.8, 4) is 0 Å². The number of ether oxygens (including phenoxy) is 4. The van der Waals surface area contributed by atoms with Crippen LogP contribution >= 0.6 is 0 Å². The average Bonchev–Trinajstić information content (AvgIpc) is 2.43. The fourth-order valence-corrected chi connectivity index (χ4v) is 1.35. The zero-order valence-electron chi connectivity index (χ0n) is 12.6. The Morgan fingerprint density at radius 3 is 1.80 bits per heavy atom. The first-order chi connectivity index (χ1) is 9.72. The first kappa shape index (κ1) is 19.4. The number of rotatable bonds is 15. The molecule has 7 heteroatoms. The molecular weight excluding hydrogens is 264 g/mol. The van der Waals surface area contributed by atoms with E-state index in [1.165, 1.54) is 6.92 Å². The van der Waals surface area contributed by atoms with E-state index in [1.54, 1.807) is 7.05 Å². The lowest BCUT2D eigenvalue weighted by Gasteiger charge is -2.13. The van der Waals surface area contributed by atoms with Crippen molar-refractivity contribution in [2.24, 2.45) is 5.73 Å². The monoisotopic (exact) mass is 292 g/mol. The van der Waals surface area contributed by atoms with Crippen molar-refractivity contribution in [1.82, 2.24) is 5.32 Å². The number of likely N-dealkylation sites (N-methyl/N-ethyl adjacent to an activating group) is 1. The van der Waals surface area contributed by atoms with E-state index < -0.39 is 0 Å². The molecule has 0 saturated heterocycles. The third kappa shape index (κ3) is 12.5. The minimum absolute atomic E-state index is 0.0682. The van der Waals surface area contributed by atoms with Gasteiger partial charge in [-0.05, 0) is 14.0 Å². The van der Waals surface area contributed by atoms with Gasteiger partial charge in [-0.15, -0.1) is 0 Å². The molecule has 120 valence electrons.